The zero-order valence-electron chi connectivity index (χ0n) is 11.9. The Morgan fingerprint density at radius 3 is 2.20 bits per heavy atom. The predicted octanol–water partition coefficient (Wildman–Crippen LogP) is 1.09. The van der Waals surface area contributed by atoms with Crippen molar-refractivity contribution < 1.29 is 19.1 Å². The van der Waals surface area contributed by atoms with Crippen LogP contribution in [0, 0.1) is 0 Å². The highest BCUT2D eigenvalue weighted by Crippen LogP contribution is 2.22. The van der Waals surface area contributed by atoms with Gasteiger partial charge in [-0.15, -0.1) is 0 Å². The highest BCUT2D eigenvalue weighted by atomic mass is 16.5. The number of rotatable bonds is 7. The topological polar surface area (TPSA) is 90.7 Å². The minimum absolute atomic E-state index is 0.146. The molecule has 3 N–H and O–H groups in total. The van der Waals surface area contributed by atoms with Crippen LogP contribution in [-0.2, 0) is 4.79 Å². The van der Waals surface area contributed by atoms with Crippen LogP contribution in [0.3, 0.4) is 0 Å². The predicted molar refractivity (Wildman–Crippen MR) is 74.9 cm³/mol. The van der Waals surface area contributed by atoms with Crippen molar-refractivity contribution >= 4 is 11.8 Å². The molecule has 0 radical (unpaired) electrons. The molecule has 1 aromatic rings. The first-order chi connectivity index (χ1) is 9.46. The van der Waals surface area contributed by atoms with Gasteiger partial charge in [0.05, 0.1) is 14.2 Å². The van der Waals surface area contributed by atoms with E-state index in [1.165, 1.54) is 14.2 Å². The summed E-state index contributed by atoms with van der Waals surface area (Å²) in [7, 11) is 3.04. The molecule has 6 heteroatoms. The molecule has 0 saturated heterocycles. The van der Waals surface area contributed by atoms with E-state index in [4.69, 9.17) is 15.2 Å². The number of carbonyl (C=O) groups is 2. The first kappa shape index (κ1) is 15.8. The molecule has 0 aliphatic carbocycles. The van der Waals surface area contributed by atoms with Gasteiger partial charge in [-0.3, -0.25) is 9.59 Å². The normalized spacial score (nSPS) is 11.6. The molecule has 0 spiro atoms. The third-order valence-corrected chi connectivity index (χ3v) is 2.81. The molecule has 0 bridgehead atoms. The van der Waals surface area contributed by atoms with Crippen molar-refractivity contribution in [2.24, 2.45) is 5.73 Å². The lowest BCUT2D eigenvalue weighted by atomic mass is 10.1. The van der Waals surface area contributed by atoms with Crippen LogP contribution in [0.25, 0.3) is 0 Å². The van der Waals surface area contributed by atoms with E-state index >= 15 is 0 Å². The van der Waals surface area contributed by atoms with Gasteiger partial charge in [0.1, 0.15) is 11.5 Å². The summed E-state index contributed by atoms with van der Waals surface area (Å²) >= 11 is 0. The molecule has 0 fully saturated rings. The lowest BCUT2D eigenvalue weighted by molar-refractivity contribution is -0.118. The number of hydrogen-bond donors (Lipinski definition) is 2. The van der Waals surface area contributed by atoms with Crippen molar-refractivity contribution in [3.05, 3.63) is 23.8 Å². The summed E-state index contributed by atoms with van der Waals surface area (Å²) in [6, 6.07) is 4.79. The highest BCUT2D eigenvalue weighted by molar-refractivity contribution is 5.95. The molecule has 0 saturated carbocycles. The fourth-order valence-electron chi connectivity index (χ4n) is 1.68. The van der Waals surface area contributed by atoms with E-state index in [9.17, 15) is 9.59 Å². The van der Waals surface area contributed by atoms with Crippen molar-refractivity contribution in [1.82, 2.24) is 5.32 Å². The van der Waals surface area contributed by atoms with Crippen molar-refractivity contribution in [1.29, 1.82) is 0 Å². The van der Waals surface area contributed by atoms with E-state index in [-0.39, 0.29) is 24.3 Å². The van der Waals surface area contributed by atoms with Crippen LogP contribution in [0.1, 0.15) is 30.1 Å². The lowest BCUT2D eigenvalue weighted by Crippen LogP contribution is -2.33. The van der Waals surface area contributed by atoms with Crippen molar-refractivity contribution in [2.45, 2.75) is 25.8 Å². The monoisotopic (exact) mass is 280 g/mol. The number of carbonyl (C=O) groups excluding carboxylic acids is 2. The average molecular weight is 280 g/mol. The number of nitrogens with two attached hydrogens (primary N) is 1. The molecule has 1 unspecified atom stereocenters. The Morgan fingerprint density at radius 2 is 1.75 bits per heavy atom. The quantitative estimate of drug-likeness (QED) is 0.782. The molecule has 1 atom stereocenters. The fraction of sp³-hybridized carbons (Fsp3) is 0.429. The van der Waals surface area contributed by atoms with Gasteiger partial charge in [0.2, 0.25) is 5.91 Å². The van der Waals surface area contributed by atoms with E-state index < -0.39 is 0 Å². The molecule has 1 aromatic carbocycles. The standard InChI is InChI=1S/C14H20N2O4/c1-9(4-5-13(15)17)16-14(18)10-6-11(19-2)8-12(7-10)20-3/h6-9H,4-5H2,1-3H3,(H2,15,17)(H,16,18). The molecule has 0 aliphatic heterocycles. The van der Waals surface area contributed by atoms with Gasteiger partial charge in [0.25, 0.3) is 5.91 Å². The van der Waals surface area contributed by atoms with E-state index in [1.807, 2.05) is 6.92 Å². The van der Waals surface area contributed by atoms with Gasteiger partial charge >= 0.3 is 0 Å². The largest absolute Gasteiger partial charge is 0.497 e. The van der Waals surface area contributed by atoms with Crippen molar-refractivity contribution in [3.63, 3.8) is 0 Å². The number of primary amides is 1. The average Bonchev–Trinajstić information content (AvgIpc) is 2.44. The number of nitrogens with one attached hydrogen (secondary N) is 1. The van der Waals surface area contributed by atoms with Crippen molar-refractivity contribution in [2.75, 3.05) is 14.2 Å². The maximum Gasteiger partial charge on any atom is 0.251 e. The zero-order chi connectivity index (χ0) is 15.1. The van der Waals surface area contributed by atoms with Gasteiger partial charge in [-0.05, 0) is 25.5 Å². The molecule has 20 heavy (non-hydrogen) atoms. The molecular formula is C14H20N2O4. The SMILES string of the molecule is COc1cc(OC)cc(C(=O)NC(C)CCC(N)=O)c1. The third kappa shape index (κ3) is 4.79. The van der Waals surface area contributed by atoms with E-state index in [0.717, 1.165) is 0 Å². The van der Waals surface area contributed by atoms with Gasteiger partial charge in [-0.25, -0.2) is 0 Å². The Morgan fingerprint density at radius 1 is 1.20 bits per heavy atom. The maximum absolute atomic E-state index is 12.1. The number of methoxy groups -OCH3 is 2. The minimum Gasteiger partial charge on any atom is -0.497 e. The van der Waals surface area contributed by atoms with E-state index in [0.29, 0.717) is 23.5 Å². The number of amides is 2. The Kier molecular flexibility index (Phi) is 5.83. The Labute approximate surface area is 118 Å². The summed E-state index contributed by atoms with van der Waals surface area (Å²) in [5.74, 6) is 0.451. The Balaban J connectivity index is 2.73. The summed E-state index contributed by atoms with van der Waals surface area (Å²) in [5.41, 5.74) is 5.51. The zero-order valence-corrected chi connectivity index (χ0v) is 11.9. The molecule has 2 amide bonds. The first-order valence-corrected chi connectivity index (χ1v) is 6.28. The smallest absolute Gasteiger partial charge is 0.251 e. The summed E-state index contributed by atoms with van der Waals surface area (Å²) < 4.78 is 10.2. The van der Waals surface area contributed by atoms with Crippen LogP contribution in [0.15, 0.2) is 18.2 Å². The Bertz CT molecular complexity index is 466. The lowest BCUT2D eigenvalue weighted by Gasteiger charge is -2.14. The second kappa shape index (κ2) is 7.37. The van der Waals surface area contributed by atoms with Crippen LogP contribution in [0.2, 0.25) is 0 Å². The second-order valence-corrected chi connectivity index (χ2v) is 4.48. The number of hydrogen-bond acceptors (Lipinski definition) is 4. The van der Waals surface area contributed by atoms with E-state index in [1.54, 1.807) is 18.2 Å². The van der Waals surface area contributed by atoms with E-state index in [2.05, 4.69) is 5.32 Å². The van der Waals surface area contributed by atoms with Crippen LogP contribution < -0.4 is 20.5 Å². The van der Waals surface area contributed by atoms with Gasteiger partial charge < -0.3 is 20.5 Å². The number of ether oxygens (including phenoxy) is 2. The first-order valence-electron chi connectivity index (χ1n) is 6.28. The van der Waals surface area contributed by atoms with Crippen molar-refractivity contribution in [3.8, 4) is 11.5 Å². The maximum atomic E-state index is 12.1. The summed E-state index contributed by atoms with van der Waals surface area (Å²) in [6.45, 7) is 1.82. The van der Waals surface area contributed by atoms with Crippen LogP contribution in [-0.4, -0.2) is 32.1 Å². The summed E-state index contributed by atoms with van der Waals surface area (Å²) in [5, 5.41) is 2.80. The molecule has 110 valence electrons. The van der Waals surface area contributed by atoms with Gasteiger partial charge in [0, 0.05) is 24.1 Å². The minimum atomic E-state index is -0.380. The highest BCUT2D eigenvalue weighted by Gasteiger charge is 2.13. The van der Waals surface area contributed by atoms with Crippen LogP contribution >= 0.6 is 0 Å². The second-order valence-electron chi connectivity index (χ2n) is 4.48. The molecular weight excluding hydrogens is 260 g/mol. The van der Waals surface area contributed by atoms with Gasteiger partial charge in [-0.2, -0.15) is 0 Å². The molecule has 6 nitrogen and oxygen atoms in total. The van der Waals surface area contributed by atoms with Crippen LogP contribution in [0.5, 0.6) is 11.5 Å². The van der Waals surface area contributed by atoms with Crippen LogP contribution in [0.4, 0.5) is 0 Å². The number of benzene rings is 1. The van der Waals surface area contributed by atoms with Gasteiger partial charge in [-0.1, -0.05) is 0 Å². The summed E-state index contributed by atoms with van der Waals surface area (Å²) in [6.07, 6.45) is 0.741. The molecule has 0 aromatic heterocycles. The Hall–Kier alpha value is -2.24. The summed E-state index contributed by atoms with van der Waals surface area (Å²) in [4.78, 5) is 22.8. The molecule has 1 rings (SSSR count). The molecule has 0 heterocycles. The van der Waals surface area contributed by atoms with Gasteiger partial charge in [0.15, 0.2) is 0 Å². The fourth-order valence-corrected chi connectivity index (χ4v) is 1.68. The third-order valence-electron chi connectivity index (χ3n) is 2.81. The molecule has 0 aliphatic rings.